The summed E-state index contributed by atoms with van der Waals surface area (Å²) in [5.41, 5.74) is 4.94. The standard InChI is InChI=1S/C17H17FN2/c1-11-7-13(3)16(8-12(11)2)17(10-19)20-15-6-4-5-14(18)9-15/h4-9,17,20H,1-3H3. The van der Waals surface area contributed by atoms with Gasteiger partial charge in [-0.2, -0.15) is 5.26 Å². The zero-order chi connectivity index (χ0) is 14.7. The van der Waals surface area contributed by atoms with E-state index in [-0.39, 0.29) is 5.82 Å². The molecule has 1 atom stereocenters. The van der Waals surface area contributed by atoms with Gasteiger partial charge < -0.3 is 5.32 Å². The van der Waals surface area contributed by atoms with Gasteiger partial charge in [-0.1, -0.05) is 18.2 Å². The number of aryl methyl sites for hydroxylation is 3. The van der Waals surface area contributed by atoms with E-state index in [2.05, 4.69) is 17.5 Å². The van der Waals surface area contributed by atoms with Crippen LogP contribution in [0.2, 0.25) is 0 Å². The minimum Gasteiger partial charge on any atom is -0.366 e. The molecule has 1 unspecified atom stereocenters. The summed E-state index contributed by atoms with van der Waals surface area (Å²) in [6, 6.07) is 12.0. The van der Waals surface area contributed by atoms with Gasteiger partial charge in [-0.3, -0.25) is 0 Å². The molecule has 2 aromatic carbocycles. The van der Waals surface area contributed by atoms with E-state index in [9.17, 15) is 9.65 Å². The lowest BCUT2D eigenvalue weighted by molar-refractivity contribution is 0.628. The van der Waals surface area contributed by atoms with Gasteiger partial charge in [0.15, 0.2) is 0 Å². The molecule has 0 saturated carbocycles. The molecule has 3 heteroatoms. The van der Waals surface area contributed by atoms with Crippen molar-refractivity contribution in [3.05, 3.63) is 64.5 Å². The van der Waals surface area contributed by atoms with E-state index in [4.69, 9.17) is 0 Å². The second-order valence-electron chi connectivity index (χ2n) is 5.01. The van der Waals surface area contributed by atoms with Gasteiger partial charge in [-0.05, 0) is 61.2 Å². The number of hydrogen-bond acceptors (Lipinski definition) is 2. The fourth-order valence-electron chi connectivity index (χ4n) is 2.22. The van der Waals surface area contributed by atoms with Crippen molar-refractivity contribution in [1.82, 2.24) is 0 Å². The zero-order valence-electron chi connectivity index (χ0n) is 11.9. The topological polar surface area (TPSA) is 35.8 Å². The van der Waals surface area contributed by atoms with Crippen LogP contribution in [0.3, 0.4) is 0 Å². The van der Waals surface area contributed by atoms with Crippen molar-refractivity contribution < 1.29 is 4.39 Å². The molecular weight excluding hydrogens is 251 g/mol. The summed E-state index contributed by atoms with van der Waals surface area (Å²) in [6.07, 6.45) is 0. The van der Waals surface area contributed by atoms with Crippen LogP contribution < -0.4 is 5.32 Å². The van der Waals surface area contributed by atoms with Gasteiger partial charge in [0.2, 0.25) is 0 Å². The number of anilines is 1. The average Bonchev–Trinajstić information content (AvgIpc) is 2.40. The fraction of sp³-hybridized carbons (Fsp3) is 0.235. The second-order valence-corrected chi connectivity index (χ2v) is 5.01. The maximum Gasteiger partial charge on any atom is 0.140 e. The van der Waals surface area contributed by atoms with Gasteiger partial charge in [0.25, 0.3) is 0 Å². The Bertz CT molecular complexity index is 671. The number of hydrogen-bond donors (Lipinski definition) is 1. The summed E-state index contributed by atoms with van der Waals surface area (Å²) < 4.78 is 13.2. The van der Waals surface area contributed by atoms with Crippen LogP contribution in [-0.4, -0.2) is 0 Å². The second kappa shape index (κ2) is 5.75. The number of halogens is 1. The Morgan fingerprint density at radius 2 is 1.75 bits per heavy atom. The van der Waals surface area contributed by atoms with Gasteiger partial charge in [0, 0.05) is 5.69 Å². The van der Waals surface area contributed by atoms with Crippen LogP contribution in [0.1, 0.15) is 28.3 Å². The third kappa shape index (κ3) is 2.97. The number of nitrogens with one attached hydrogen (secondary N) is 1. The molecule has 2 aromatic rings. The van der Waals surface area contributed by atoms with E-state index in [0.717, 1.165) is 16.7 Å². The molecule has 0 fully saturated rings. The first-order valence-corrected chi connectivity index (χ1v) is 6.50. The van der Waals surface area contributed by atoms with Crippen molar-refractivity contribution in [3.63, 3.8) is 0 Å². The highest BCUT2D eigenvalue weighted by atomic mass is 19.1. The monoisotopic (exact) mass is 268 g/mol. The van der Waals surface area contributed by atoms with Crippen LogP contribution in [0.4, 0.5) is 10.1 Å². The van der Waals surface area contributed by atoms with Gasteiger partial charge in [0.05, 0.1) is 6.07 Å². The fourth-order valence-corrected chi connectivity index (χ4v) is 2.22. The minimum atomic E-state index is -0.490. The predicted octanol–water partition coefficient (Wildman–Crippen LogP) is 4.43. The summed E-state index contributed by atoms with van der Waals surface area (Å²) in [6.45, 7) is 6.06. The van der Waals surface area contributed by atoms with E-state index in [1.165, 1.54) is 17.7 Å². The van der Waals surface area contributed by atoms with E-state index in [1.807, 2.05) is 26.8 Å². The smallest absolute Gasteiger partial charge is 0.140 e. The highest BCUT2D eigenvalue weighted by molar-refractivity contribution is 5.50. The van der Waals surface area contributed by atoms with Crippen molar-refractivity contribution >= 4 is 5.69 Å². The molecule has 0 aliphatic carbocycles. The highest BCUT2D eigenvalue weighted by Crippen LogP contribution is 2.25. The molecule has 0 spiro atoms. The normalized spacial score (nSPS) is 11.8. The first kappa shape index (κ1) is 14.1. The molecule has 0 amide bonds. The first-order valence-electron chi connectivity index (χ1n) is 6.50. The van der Waals surface area contributed by atoms with Gasteiger partial charge in [0.1, 0.15) is 11.9 Å². The molecule has 0 aliphatic heterocycles. The maximum absolute atomic E-state index is 13.2. The third-order valence-electron chi connectivity index (χ3n) is 3.46. The van der Waals surface area contributed by atoms with Crippen molar-refractivity contribution in [1.29, 1.82) is 5.26 Å². The Balaban J connectivity index is 2.34. The van der Waals surface area contributed by atoms with Crippen molar-refractivity contribution in [3.8, 4) is 6.07 Å². The molecule has 0 aliphatic rings. The molecule has 0 saturated heterocycles. The predicted molar refractivity (Wildman–Crippen MR) is 79.0 cm³/mol. The quantitative estimate of drug-likeness (QED) is 0.894. The lowest BCUT2D eigenvalue weighted by Crippen LogP contribution is -2.10. The Labute approximate surface area is 118 Å². The minimum absolute atomic E-state index is 0.316. The van der Waals surface area contributed by atoms with Crippen LogP contribution in [0.25, 0.3) is 0 Å². The molecule has 102 valence electrons. The molecule has 0 heterocycles. The summed E-state index contributed by atoms with van der Waals surface area (Å²) in [5.74, 6) is -0.316. The molecule has 0 bridgehead atoms. The molecule has 0 radical (unpaired) electrons. The third-order valence-corrected chi connectivity index (χ3v) is 3.46. The largest absolute Gasteiger partial charge is 0.366 e. The lowest BCUT2D eigenvalue weighted by atomic mass is 9.96. The molecule has 2 nitrogen and oxygen atoms in total. The number of benzene rings is 2. The maximum atomic E-state index is 13.2. The SMILES string of the molecule is Cc1cc(C)c(C(C#N)Nc2cccc(F)c2)cc1C. The van der Waals surface area contributed by atoms with Crippen molar-refractivity contribution in [2.45, 2.75) is 26.8 Å². The Kier molecular flexibility index (Phi) is 4.05. The molecule has 0 aromatic heterocycles. The van der Waals surface area contributed by atoms with Crippen LogP contribution in [0.15, 0.2) is 36.4 Å². The molecule has 20 heavy (non-hydrogen) atoms. The summed E-state index contributed by atoms with van der Waals surface area (Å²) in [5, 5.41) is 12.5. The van der Waals surface area contributed by atoms with Crippen LogP contribution in [0.5, 0.6) is 0 Å². The van der Waals surface area contributed by atoms with Gasteiger partial charge in [-0.25, -0.2) is 4.39 Å². The van der Waals surface area contributed by atoms with Crippen molar-refractivity contribution in [2.24, 2.45) is 0 Å². The zero-order valence-corrected chi connectivity index (χ0v) is 11.9. The van der Waals surface area contributed by atoms with Crippen LogP contribution >= 0.6 is 0 Å². The summed E-state index contributed by atoms with van der Waals surface area (Å²) in [4.78, 5) is 0. The van der Waals surface area contributed by atoms with Crippen LogP contribution in [-0.2, 0) is 0 Å². The van der Waals surface area contributed by atoms with Crippen LogP contribution in [0, 0.1) is 37.9 Å². The number of rotatable bonds is 3. The van der Waals surface area contributed by atoms with Gasteiger partial charge >= 0.3 is 0 Å². The Morgan fingerprint density at radius 1 is 1.05 bits per heavy atom. The Morgan fingerprint density at radius 3 is 2.40 bits per heavy atom. The van der Waals surface area contributed by atoms with E-state index >= 15 is 0 Å². The molecular formula is C17H17FN2. The number of nitrogens with zero attached hydrogens (tertiary/aromatic N) is 1. The Hall–Kier alpha value is -2.34. The average molecular weight is 268 g/mol. The van der Waals surface area contributed by atoms with E-state index in [0.29, 0.717) is 5.69 Å². The lowest BCUT2D eigenvalue weighted by Gasteiger charge is -2.17. The van der Waals surface area contributed by atoms with Crippen molar-refractivity contribution in [2.75, 3.05) is 5.32 Å². The molecule has 2 rings (SSSR count). The highest BCUT2D eigenvalue weighted by Gasteiger charge is 2.14. The first-order chi connectivity index (χ1) is 9.51. The summed E-state index contributed by atoms with van der Waals surface area (Å²) >= 11 is 0. The van der Waals surface area contributed by atoms with Gasteiger partial charge in [-0.15, -0.1) is 0 Å². The van der Waals surface area contributed by atoms with E-state index in [1.54, 1.807) is 12.1 Å². The van der Waals surface area contributed by atoms with E-state index < -0.39 is 6.04 Å². The molecule has 1 N–H and O–H groups in total. The summed E-state index contributed by atoms with van der Waals surface area (Å²) in [7, 11) is 0. The number of nitriles is 1.